The van der Waals surface area contributed by atoms with Gasteiger partial charge in [0.05, 0.1) is 13.0 Å². The molecule has 0 N–H and O–H groups in total. The van der Waals surface area contributed by atoms with Crippen molar-refractivity contribution in [3.63, 3.8) is 0 Å². The van der Waals surface area contributed by atoms with Crippen molar-refractivity contribution in [1.29, 1.82) is 0 Å². The Bertz CT molecular complexity index is 536. The predicted octanol–water partition coefficient (Wildman–Crippen LogP) is 5.13. The summed E-state index contributed by atoms with van der Waals surface area (Å²) in [6.07, 6.45) is 14.2. The van der Waals surface area contributed by atoms with Crippen LogP contribution in [0, 0.1) is 34.5 Å². The fraction of sp³-hybridized carbons (Fsp3) is 0.857. The molecule has 0 aromatic rings. The van der Waals surface area contributed by atoms with Crippen LogP contribution in [0.4, 0.5) is 0 Å². The molecule has 4 rings (SSSR count). The van der Waals surface area contributed by atoms with Gasteiger partial charge >= 0.3 is 5.97 Å². The zero-order valence-electron chi connectivity index (χ0n) is 15.1. The Morgan fingerprint density at radius 3 is 2.74 bits per heavy atom. The number of methoxy groups -OCH3 is 1. The fourth-order valence-corrected chi connectivity index (χ4v) is 7.02. The summed E-state index contributed by atoms with van der Waals surface area (Å²) < 4.78 is 5.01. The Morgan fingerprint density at radius 2 is 1.96 bits per heavy atom. The lowest BCUT2D eigenvalue weighted by atomic mass is 9.47. The van der Waals surface area contributed by atoms with Gasteiger partial charge in [-0.3, -0.25) is 4.79 Å². The molecular weight excluding hydrogens is 284 g/mol. The Morgan fingerprint density at radius 1 is 1.13 bits per heavy atom. The van der Waals surface area contributed by atoms with E-state index in [1.54, 1.807) is 5.57 Å². The van der Waals surface area contributed by atoms with Crippen molar-refractivity contribution < 1.29 is 9.53 Å². The van der Waals surface area contributed by atoms with Gasteiger partial charge in [-0.25, -0.2) is 0 Å². The summed E-state index contributed by atoms with van der Waals surface area (Å²) >= 11 is 0. The number of esters is 1. The molecule has 0 aliphatic heterocycles. The highest BCUT2D eigenvalue weighted by Crippen LogP contribution is 2.65. The van der Waals surface area contributed by atoms with Gasteiger partial charge in [-0.15, -0.1) is 0 Å². The molecule has 0 amide bonds. The average Bonchev–Trinajstić information content (AvgIpc) is 2.95. The summed E-state index contributed by atoms with van der Waals surface area (Å²) in [5.41, 5.74) is 2.57. The smallest absolute Gasteiger partial charge is 0.308 e. The van der Waals surface area contributed by atoms with E-state index in [1.807, 2.05) is 0 Å². The van der Waals surface area contributed by atoms with Crippen molar-refractivity contribution in [1.82, 2.24) is 0 Å². The Balaban J connectivity index is 1.61. The molecule has 4 aliphatic rings. The van der Waals surface area contributed by atoms with Gasteiger partial charge in [-0.2, -0.15) is 0 Å². The fourth-order valence-electron chi connectivity index (χ4n) is 7.02. The van der Waals surface area contributed by atoms with E-state index in [2.05, 4.69) is 19.9 Å². The van der Waals surface area contributed by atoms with Crippen LogP contribution in [0.25, 0.3) is 0 Å². The van der Waals surface area contributed by atoms with Gasteiger partial charge in [0.2, 0.25) is 0 Å². The van der Waals surface area contributed by atoms with Crippen LogP contribution < -0.4 is 0 Å². The summed E-state index contributed by atoms with van der Waals surface area (Å²) in [4.78, 5) is 12.0. The van der Waals surface area contributed by atoms with Crippen molar-refractivity contribution in [2.24, 2.45) is 34.5 Å². The Hall–Kier alpha value is -0.790. The number of rotatable bonds is 1. The van der Waals surface area contributed by atoms with E-state index in [0.29, 0.717) is 10.8 Å². The van der Waals surface area contributed by atoms with Gasteiger partial charge in [-0.05, 0) is 80.0 Å². The molecule has 0 heterocycles. The van der Waals surface area contributed by atoms with Gasteiger partial charge in [0, 0.05) is 0 Å². The van der Waals surface area contributed by atoms with Crippen LogP contribution in [0.2, 0.25) is 0 Å². The zero-order chi connectivity index (χ0) is 16.2. The lowest BCUT2D eigenvalue weighted by Gasteiger charge is -2.57. The topological polar surface area (TPSA) is 26.3 Å². The largest absolute Gasteiger partial charge is 0.469 e. The van der Waals surface area contributed by atoms with E-state index in [-0.39, 0.29) is 11.9 Å². The SMILES string of the molecule is COC(=O)[C@@H]1CC[C@@]2(C)C(=CC[C@H]3[C@@H]4CCC[C@@]4(C)CC[C@@H]32)C1. The van der Waals surface area contributed by atoms with Crippen LogP contribution in [0.3, 0.4) is 0 Å². The van der Waals surface area contributed by atoms with Crippen molar-refractivity contribution in [2.75, 3.05) is 7.11 Å². The highest BCUT2D eigenvalue weighted by molar-refractivity contribution is 5.73. The first-order valence-corrected chi connectivity index (χ1v) is 9.75. The third-order valence-corrected chi connectivity index (χ3v) is 8.42. The lowest BCUT2D eigenvalue weighted by molar-refractivity contribution is -0.147. The minimum Gasteiger partial charge on any atom is -0.469 e. The van der Waals surface area contributed by atoms with E-state index >= 15 is 0 Å². The Kier molecular flexibility index (Phi) is 3.66. The molecule has 2 heteroatoms. The lowest BCUT2D eigenvalue weighted by Crippen LogP contribution is -2.49. The van der Waals surface area contributed by atoms with E-state index in [0.717, 1.165) is 30.6 Å². The maximum absolute atomic E-state index is 12.0. The highest BCUT2D eigenvalue weighted by atomic mass is 16.5. The summed E-state index contributed by atoms with van der Waals surface area (Å²) in [7, 11) is 1.53. The van der Waals surface area contributed by atoms with Crippen molar-refractivity contribution in [2.45, 2.75) is 71.6 Å². The normalized spacial score (nSPS) is 48.7. The first-order valence-electron chi connectivity index (χ1n) is 9.75. The minimum absolute atomic E-state index is 0.00193. The molecule has 6 atom stereocenters. The second kappa shape index (κ2) is 5.36. The quantitative estimate of drug-likeness (QED) is 0.495. The maximum atomic E-state index is 12.0. The van der Waals surface area contributed by atoms with E-state index in [1.165, 1.54) is 52.1 Å². The molecule has 0 aromatic heterocycles. The van der Waals surface area contributed by atoms with Crippen LogP contribution in [0.15, 0.2) is 11.6 Å². The van der Waals surface area contributed by atoms with Crippen molar-refractivity contribution >= 4 is 5.97 Å². The van der Waals surface area contributed by atoms with Crippen LogP contribution in [-0.4, -0.2) is 13.1 Å². The number of allylic oxidation sites excluding steroid dienone is 2. The molecule has 0 unspecified atom stereocenters. The van der Waals surface area contributed by atoms with Crippen LogP contribution in [0.5, 0.6) is 0 Å². The number of hydrogen-bond donors (Lipinski definition) is 0. The second-order valence-electron chi connectivity index (χ2n) is 9.31. The second-order valence-corrected chi connectivity index (χ2v) is 9.31. The van der Waals surface area contributed by atoms with E-state index < -0.39 is 0 Å². The molecule has 3 saturated carbocycles. The third-order valence-electron chi connectivity index (χ3n) is 8.42. The summed E-state index contributed by atoms with van der Waals surface area (Å²) in [5.74, 6) is 2.82. The van der Waals surface area contributed by atoms with Crippen molar-refractivity contribution in [3.05, 3.63) is 11.6 Å². The van der Waals surface area contributed by atoms with Crippen LogP contribution >= 0.6 is 0 Å². The van der Waals surface area contributed by atoms with Gasteiger partial charge in [-0.1, -0.05) is 31.9 Å². The van der Waals surface area contributed by atoms with Gasteiger partial charge in [0.25, 0.3) is 0 Å². The molecule has 0 spiro atoms. The molecule has 0 saturated heterocycles. The standard InChI is InChI=1S/C21H32O2/c1-20-10-4-5-17(20)16-7-6-15-13-14(19(22)23-3)8-12-21(15,2)18(16)9-11-20/h6,14,16-18H,4-5,7-13H2,1-3H3/t14-,16+,17+,18+,20+,21+/m1/s1. The van der Waals surface area contributed by atoms with Crippen molar-refractivity contribution in [3.8, 4) is 0 Å². The number of carbonyl (C=O) groups is 1. The number of fused-ring (bicyclic) bond motifs is 5. The Labute approximate surface area is 141 Å². The molecule has 0 bridgehead atoms. The van der Waals surface area contributed by atoms with Gasteiger partial charge in [0.15, 0.2) is 0 Å². The molecule has 23 heavy (non-hydrogen) atoms. The zero-order valence-corrected chi connectivity index (χ0v) is 15.1. The maximum Gasteiger partial charge on any atom is 0.308 e. The molecule has 128 valence electrons. The first kappa shape index (κ1) is 15.7. The molecule has 4 aliphatic carbocycles. The number of hydrogen-bond acceptors (Lipinski definition) is 2. The van der Waals surface area contributed by atoms with E-state index in [4.69, 9.17) is 4.74 Å². The first-order chi connectivity index (χ1) is 11.0. The summed E-state index contributed by atoms with van der Waals surface area (Å²) in [5, 5.41) is 0. The van der Waals surface area contributed by atoms with Gasteiger partial charge < -0.3 is 4.74 Å². The summed E-state index contributed by atoms with van der Waals surface area (Å²) in [6, 6.07) is 0. The number of carbonyl (C=O) groups excluding carboxylic acids is 1. The third kappa shape index (κ3) is 2.23. The molecule has 0 aromatic carbocycles. The highest BCUT2D eigenvalue weighted by Gasteiger charge is 2.56. The monoisotopic (exact) mass is 316 g/mol. The van der Waals surface area contributed by atoms with Gasteiger partial charge in [0.1, 0.15) is 0 Å². The average molecular weight is 316 g/mol. The molecule has 3 fully saturated rings. The van der Waals surface area contributed by atoms with Crippen LogP contribution in [0.1, 0.15) is 71.6 Å². The summed E-state index contributed by atoms with van der Waals surface area (Å²) in [6.45, 7) is 5.08. The molecular formula is C21H32O2. The minimum atomic E-state index is 0.00193. The predicted molar refractivity (Wildman–Crippen MR) is 91.8 cm³/mol. The number of ether oxygens (including phenoxy) is 1. The van der Waals surface area contributed by atoms with Crippen LogP contribution in [-0.2, 0) is 9.53 Å². The molecule has 0 radical (unpaired) electrons. The van der Waals surface area contributed by atoms with E-state index in [9.17, 15) is 4.79 Å². The molecule has 2 nitrogen and oxygen atoms in total.